The van der Waals surface area contributed by atoms with Gasteiger partial charge < -0.3 is 14.4 Å². The zero-order valence-electron chi connectivity index (χ0n) is 13.2. The minimum Gasteiger partial charge on any atom is -0.444 e. The van der Waals surface area contributed by atoms with Gasteiger partial charge in [-0.15, -0.1) is 0 Å². The standard InChI is InChI=1S/C15H28N2O3/c1-12-10-16(11-13-6-5-9-19-13)7-8-17(12)14(18)20-15(2,3)4/h12-13H,5-11H2,1-4H3. The van der Waals surface area contributed by atoms with Gasteiger partial charge in [-0.3, -0.25) is 4.90 Å². The van der Waals surface area contributed by atoms with E-state index < -0.39 is 5.60 Å². The van der Waals surface area contributed by atoms with E-state index in [0.717, 1.165) is 32.8 Å². The van der Waals surface area contributed by atoms with E-state index in [1.54, 1.807) is 0 Å². The van der Waals surface area contributed by atoms with Crippen molar-refractivity contribution in [3.63, 3.8) is 0 Å². The molecule has 2 atom stereocenters. The van der Waals surface area contributed by atoms with Crippen molar-refractivity contribution in [2.24, 2.45) is 0 Å². The van der Waals surface area contributed by atoms with Gasteiger partial charge in [0.25, 0.3) is 0 Å². The highest BCUT2D eigenvalue weighted by molar-refractivity contribution is 5.68. The molecule has 0 radical (unpaired) electrons. The molecule has 0 bridgehead atoms. The lowest BCUT2D eigenvalue weighted by Gasteiger charge is -2.40. The normalized spacial score (nSPS) is 28.7. The quantitative estimate of drug-likeness (QED) is 0.779. The van der Waals surface area contributed by atoms with E-state index in [9.17, 15) is 4.79 Å². The Balaban J connectivity index is 1.80. The summed E-state index contributed by atoms with van der Waals surface area (Å²) in [4.78, 5) is 16.4. The van der Waals surface area contributed by atoms with Gasteiger partial charge in [0.1, 0.15) is 5.60 Å². The van der Waals surface area contributed by atoms with Crippen LogP contribution in [-0.2, 0) is 9.47 Å². The van der Waals surface area contributed by atoms with E-state index in [-0.39, 0.29) is 12.1 Å². The van der Waals surface area contributed by atoms with Crippen LogP contribution in [0.25, 0.3) is 0 Å². The molecule has 0 aromatic rings. The largest absolute Gasteiger partial charge is 0.444 e. The van der Waals surface area contributed by atoms with Crippen LogP contribution < -0.4 is 0 Å². The average Bonchev–Trinajstić information content (AvgIpc) is 2.79. The molecule has 20 heavy (non-hydrogen) atoms. The molecule has 0 spiro atoms. The van der Waals surface area contributed by atoms with E-state index in [0.29, 0.717) is 6.10 Å². The van der Waals surface area contributed by atoms with Gasteiger partial charge in [0.05, 0.1) is 6.10 Å². The number of nitrogens with zero attached hydrogens (tertiary/aromatic N) is 2. The van der Waals surface area contributed by atoms with Crippen LogP contribution in [0, 0.1) is 0 Å². The molecule has 2 fully saturated rings. The third kappa shape index (κ3) is 4.35. The van der Waals surface area contributed by atoms with Gasteiger partial charge in [-0.05, 0) is 40.5 Å². The predicted octanol–water partition coefficient (Wildman–Crippen LogP) is 2.11. The van der Waals surface area contributed by atoms with Crippen molar-refractivity contribution < 1.29 is 14.3 Å². The first-order chi connectivity index (χ1) is 9.35. The molecule has 2 unspecified atom stereocenters. The molecule has 2 aliphatic heterocycles. The summed E-state index contributed by atoms with van der Waals surface area (Å²) < 4.78 is 11.1. The van der Waals surface area contributed by atoms with E-state index >= 15 is 0 Å². The van der Waals surface area contributed by atoms with E-state index in [4.69, 9.17) is 9.47 Å². The van der Waals surface area contributed by atoms with Crippen LogP contribution in [0.15, 0.2) is 0 Å². The monoisotopic (exact) mass is 284 g/mol. The van der Waals surface area contributed by atoms with Crippen LogP contribution in [0.5, 0.6) is 0 Å². The minimum absolute atomic E-state index is 0.193. The Bertz CT molecular complexity index is 335. The molecule has 2 heterocycles. The summed E-state index contributed by atoms with van der Waals surface area (Å²) in [5.41, 5.74) is -0.425. The lowest BCUT2D eigenvalue weighted by molar-refractivity contribution is -0.00624. The molecule has 0 aromatic heterocycles. The molecule has 5 heteroatoms. The number of piperazine rings is 1. The van der Waals surface area contributed by atoms with Crippen LogP contribution in [0.3, 0.4) is 0 Å². The Kier molecular flexibility index (Phi) is 4.91. The first kappa shape index (κ1) is 15.6. The van der Waals surface area contributed by atoms with Crippen molar-refractivity contribution >= 4 is 6.09 Å². The Hall–Kier alpha value is -0.810. The summed E-state index contributed by atoms with van der Waals surface area (Å²) in [5.74, 6) is 0. The number of carbonyl (C=O) groups is 1. The fraction of sp³-hybridized carbons (Fsp3) is 0.933. The van der Waals surface area contributed by atoms with Crippen LogP contribution in [0.2, 0.25) is 0 Å². The zero-order valence-corrected chi connectivity index (χ0v) is 13.2. The summed E-state index contributed by atoms with van der Waals surface area (Å²) in [7, 11) is 0. The molecule has 0 saturated carbocycles. The minimum atomic E-state index is -0.425. The van der Waals surface area contributed by atoms with Gasteiger partial charge in [-0.2, -0.15) is 0 Å². The highest BCUT2D eigenvalue weighted by Gasteiger charge is 2.31. The maximum Gasteiger partial charge on any atom is 0.410 e. The lowest BCUT2D eigenvalue weighted by atomic mass is 10.1. The molecule has 1 amide bonds. The van der Waals surface area contributed by atoms with Gasteiger partial charge in [0, 0.05) is 38.8 Å². The number of carbonyl (C=O) groups excluding carboxylic acids is 1. The molecule has 0 aromatic carbocycles. The average molecular weight is 284 g/mol. The first-order valence-corrected chi connectivity index (χ1v) is 7.69. The molecule has 116 valence electrons. The first-order valence-electron chi connectivity index (χ1n) is 7.69. The third-order valence-electron chi connectivity index (χ3n) is 3.83. The second kappa shape index (κ2) is 6.31. The van der Waals surface area contributed by atoms with Crippen molar-refractivity contribution in [1.29, 1.82) is 0 Å². The van der Waals surface area contributed by atoms with E-state index in [1.807, 2.05) is 25.7 Å². The number of ether oxygens (including phenoxy) is 2. The molecule has 5 nitrogen and oxygen atoms in total. The van der Waals surface area contributed by atoms with Crippen LogP contribution in [-0.4, -0.2) is 66.4 Å². The summed E-state index contributed by atoms with van der Waals surface area (Å²) >= 11 is 0. The maximum absolute atomic E-state index is 12.1. The third-order valence-corrected chi connectivity index (χ3v) is 3.83. The lowest BCUT2D eigenvalue weighted by Crippen LogP contribution is -2.56. The zero-order chi connectivity index (χ0) is 14.8. The van der Waals surface area contributed by atoms with Crippen molar-refractivity contribution in [2.75, 3.05) is 32.8 Å². The Morgan fingerprint density at radius 1 is 1.35 bits per heavy atom. The summed E-state index contributed by atoms with van der Waals surface area (Å²) in [5, 5.41) is 0. The van der Waals surface area contributed by atoms with Crippen molar-refractivity contribution in [1.82, 2.24) is 9.80 Å². The number of rotatable bonds is 2. The van der Waals surface area contributed by atoms with Crippen molar-refractivity contribution in [3.05, 3.63) is 0 Å². The van der Waals surface area contributed by atoms with E-state index in [1.165, 1.54) is 12.8 Å². The summed E-state index contributed by atoms with van der Waals surface area (Å²) in [6.45, 7) is 12.2. The number of hydrogen-bond donors (Lipinski definition) is 0. The van der Waals surface area contributed by atoms with Crippen molar-refractivity contribution in [2.45, 2.75) is 58.3 Å². The molecule has 2 rings (SSSR count). The Labute approximate surface area is 122 Å². The van der Waals surface area contributed by atoms with Gasteiger partial charge in [0.2, 0.25) is 0 Å². The van der Waals surface area contributed by atoms with Crippen LogP contribution >= 0.6 is 0 Å². The summed E-state index contributed by atoms with van der Waals surface area (Å²) in [6, 6.07) is 0.194. The maximum atomic E-state index is 12.1. The topological polar surface area (TPSA) is 42.0 Å². The SMILES string of the molecule is CC1CN(CC2CCCO2)CCN1C(=O)OC(C)(C)C. The molecular weight excluding hydrogens is 256 g/mol. The van der Waals surface area contributed by atoms with Gasteiger partial charge in [-0.1, -0.05) is 0 Å². The fourth-order valence-electron chi connectivity index (χ4n) is 2.87. The fourth-order valence-corrected chi connectivity index (χ4v) is 2.87. The second-order valence-corrected chi connectivity index (χ2v) is 6.92. The second-order valence-electron chi connectivity index (χ2n) is 6.92. The van der Waals surface area contributed by atoms with Crippen LogP contribution in [0.1, 0.15) is 40.5 Å². The molecule has 0 N–H and O–H groups in total. The molecule has 2 aliphatic rings. The van der Waals surface area contributed by atoms with Crippen molar-refractivity contribution in [3.8, 4) is 0 Å². The van der Waals surface area contributed by atoms with Gasteiger partial charge in [0.15, 0.2) is 0 Å². The van der Waals surface area contributed by atoms with Gasteiger partial charge in [-0.25, -0.2) is 4.79 Å². The van der Waals surface area contributed by atoms with Gasteiger partial charge >= 0.3 is 6.09 Å². The molecule has 0 aliphatic carbocycles. The molecule has 2 saturated heterocycles. The number of hydrogen-bond acceptors (Lipinski definition) is 4. The summed E-state index contributed by atoms with van der Waals surface area (Å²) in [6.07, 6.45) is 2.54. The van der Waals surface area contributed by atoms with E-state index in [2.05, 4.69) is 11.8 Å². The smallest absolute Gasteiger partial charge is 0.410 e. The van der Waals surface area contributed by atoms with Crippen LogP contribution in [0.4, 0.5) is 4.79 Å². The molecular formula is C15H28N2O3. The highest BCUT2D eigenvalue weighted by atomic mass is 16.6. The Morgan fingerprint density at radius 3 is 2.65 bits per heavy atom. The predicted molar refractivity (Wildman–Crippen MR) is 77.8 cm³/mol. The Morgan fingerprint density at radius 2 is 2.10 bits per heavy atom. The highest BCUT2D eigenvalue weighted by Crippen LogP contribution is 2.18. The number of amides is 1.